The molecule has 0 aliphatic carbocycles. The molecule has 0 aliphatic rings. The molecular weight excluding hydrogens is 412 g/mol. The van der Waals surface area contributed by atoms with Gasteiger partial charge in [0.15, 0.2) is 0 Å². The van der Waals surface area contributed by atoms with Crippen LogP contribution in [0.1, 0.15) is 32.8 Å². The van der Waals surface area contributed by atoms with Crippen LogP contribution >= 0.6 is 0 Å². The molecule has 0 radical (unpaired) electrons. The highest BCUT2D eigenvalue weighted by Crippen LogP contribution is 2.05. The standard InChI is InChI=1S/C10H14O5.C8H8.C7H12O2/c1-7(9(12)13)3-4-8(2)10(14)15-6-5-11;1-2-8-6-4-3-5-7-8;1-4-7(8)9-5-6(2)3/h3,11H,2,4-6H2,1H3,(H,12,13);2-7H,1H2;4,6H,1,5H2,2-3H3. The zero-order valence-corrected chi connectivity index (χ0v) is 19.1. The lowest BCUT2D eigenvalue weighted by molar-refractivity contribution is -0.140. The number of allylic oxidation sites excluding steroid dienone is 1. The molecular formula is C25H34O7. The van der Waals surface area contributed by atoms with Crippen molar-refractivity contribution in [2.75, 3.05) is 19.8 Å². The van der Waals surface area contributed by atoms with Crippen LogP contribution in [0.4, 0.5) is 0 Å². The van der Waals surface area contributed by atoms with Crippen LogP contribution in [-0.2, 0) is 23.9 Å². The molecule has 0 saturated heterocycles. The number of carbonyl (C=O) groups is 3. The van der Waals surface area contributed by atoms with E-state index in [2.05, 4.69) is 24.5 Å². The minimum Gasteiger partial charge on any atom is -0.478 e. The van der Waals surface area contributed by atoms with Crippen molar-refractivity contribution in [3.63, 3.8) is 0 Å². The Hall–Kier alpha value is -3.45. The Kier molecular flexibility index (Phi) is 18.7. The summed E-state index contributed by atoms with van der Waals surface area (Å²) in [4.78, 5) is 31.9. The molecule has 7 nitrogen and oxygen atoms in total. The molecule has 1 aromatic rings. The summed E-state index contributed by atoms with van der Waals surface area (Å²) < 4.78 is 9.28. The highest BCUT2D eigenvalue weighted by Gasteiger charge is 2.07. The molecule has 1 aromatic carbocycles. The largest absolute Gasteiger partial charge is 0.478 e. The van der Waals surface area contributed by atoms with E-state index in [-0.39, 0.29) is 36.8 Å². The molecule has 0 bridgehead atoms. The lowest BCUT2D eigenvalue weighted by Crippen LogP contribution is -2.10. The summed E-state index contributed by atoms with van der Waals surface area (Å²) in [5.74, 6) is -1.61. The number of carboxylic acid groups (broad SMARTS) is 1. The maximum absolute atomic E-state index is 11.1. The van der Waals surface area contributed by atoms with Crippen LogP contribution in [-0.4, -0.2) is 47.9 Å². The highest BCUT2D eigenvalue weighted by atomic mass is 16.5. The molecule has 1 rings (SSSR count). The summed E-state index contributed by atoms with van der Waals surface area (Å²) in [6, 6.07) is 10.0. The second kappa shape index (κ2) is 19.5. The Balaban J connectivity index is 0. The number of ether oxygens (including phenoxy) is 2. The molecule has 0 unspecified atom stereocenters. The third-order valence-electron chi connectivity index (χ3n) is 3.37. The van der Waals surface area contributed by atoms with E-state index in [9.17, 15) is 14.4 Å². The van der Waals surface area contributed by atoms with E-state index in [1.54, 1.807) is 0 Å². The van der Waals surface area contributed by atoms with Crippen molar-refractivity contribution in [2.24, 2.45) is 5.92 Å². The lowest BCUT2D eigenvalue weighted by atomic mass is 10.1. The van der Waals surface area contributed by atoms with Gasteiger partial charge in [-0.25, -0.2) is 14.4 Å². The Morgan fingerprint density at radius 3 is 2.09 bits per heavy atom. The van der Waals surface area contributed by atoms with Crippen LogP contribution in [0.25, 0.3) is 6.08 Å². The average Bonchev–Trinajstić information content (AvgIpc) is 2.80. The predicted molar refractivity (Wildman–Crippen MR) is 126 cm³/mol. The van der Waals surface area contributed by atoms with Crippen molar-refractivity contribution in [2.45, 2.75) is 27.2 Å². The normalized spacial score (nSPS) is 9.84. The molecule has 0 fully saturated rings. The molecule has 7 heteroatoms. The van der Waals surface area contributed by atoms with E-state index >= 15 is 0 Å². The van der Waals surface area contributed by atoms with Crippen LogP contribution in [0, 0.1) is 5.92 Å². The summed E-state index contributed by atoms with van der Waals surface area (Å²) in [5.41, 5.74) is 1.47. The summed E-state index contributed by atoms with van der Waals surface area (Å²) in [5, 5.41) is 16.9. The number of rotatable bonds is 10. The van der Waals surface area contributed by atoms with Crippen LogP contribution < -0.4 is 0 Å². The second-order valence-electron chi connectivity index (χ2n) is 6.70. The van der Waals surface area contributed by atoms with E-state index in [1.165, 1.54) is 24.6 Å². The van der Waals surface area contributed by atoms with Crippen molar-refractivity contribution in [3.8, 4) is 0 Å². The third-order valence-corrected chi connectivity index (χ3v) is 3.37. The van der Waals surface area contributed by atoms with Crippen LogP contribution in [0.3, 0.4) is 0 Å². The molecule has 0 spiro atoms. The zero-order valence-electron chi connectivity index (χ0n) is 19.1. The molecule has 0 amide bonds. The minimum absolute atomic E-state index is 0.0838. The van der Waals surface area contributed by atoms with Crippen LogP contribution in [0.2, 0.25) is 0 Å². The number of carboxylic acids is 1. The molecule has 176 valence electrons. The zero-order chi connectivity index (χ0) is 24.9. The molecule has 0 atom stereocenters. The van der Waals surface area contributed by atoms with Crippen LogP contribution in [0.15, 0.2) is 73.4 Å². The van der Waals surface area contributed by atoms with E-state index in [0.717, 1.165) is 0 Å². The van der Waals surface area contributed by atoms with Gasteiger partial charge in [-0.3, -0.25) is 0 Å². The maximum atomic E-state index is 11.1. The maximum Gasteiger partial charge on any atom is 0.333 e. The number of benzene rings is 1. The number of aliphatic carboxylic acids is 1. The fraction of sp³-hybridized carbons (Fsp3) is 0.320. The van der Waals surface area contributed by atoms with Gasteiger partial charge < -0.3 is 19.7 Å². The van der Waals surface area contributed by atoms with Gasteiger partial charge in [0.25, 0.3) is 0 Å². The minimum atomic E-state index is -1.04. The average molecular weight is 447 g/mol. The Labute approximate surface area is 190 Å². The number of aliphatic hydroxyl groups is 1. The number of esters is 2. The first kappa shape index (κ1) is 30.7. The van der Waals surface area contributed by atoms with Crippen molar-refractivity contribution in [3.05, 3.63) is 78.9 Å². The number of carbonyl (C=O) groups excluding carboxylic acids is 2. The quantitative estimate of drug-likeness (QED) is 0.409. The molecule has 0 saturated carbocycles. The predicted octanol–water partition coefficient (Wildman–Crippen LogP) is 4.20. The number of hydrogen-bond donors (Lipinski definition) is 2. The molecule has 0 aliphatic heterocycles. The fourth-order valence-corrected chi connectivity index (χ4v) is 1.58. The van der Waals surface area contributed by atoms with Gasteiger partial charge in [-0.1, -0.05) is 76.1 Å². The molecule has 0 aromatic heterocycles. The van der Waals surface area contributed by atoms with Gasteiger partial charge in [-0.05, 0) is 24.8 Å². The van der Waals surface area contributed by atoms with Gasteiger partial charge in [0, 0.05) is 17.2 Å². The topological polar surface area (TPSA) is 110 Å². The molecule has 32 heavy (non-hydrogen) atoms. The molecule has 0 heterocycles. The van der Waals surface area contributed by atoms with Crippen molar-refractivity contribution in [1.29, 1.82) is 0 Å². The van der Waals surface area contributed by atoms with Gasteiger partial charge in [-0.2, -0.15) is 0 Å². The van der Waals surface area contributed by atoms with Gasteiger partial charge in [-0.15, -0.1) is 0 Å². The van der Waals surface area contributed by atoms with Gasteiger partial charge in [0.2, 0.25) is 0 Å². The third kappa shape index (κ3) is 18.6. The number of hydrogen-bond acceptors (Lipinski definition) is 6. The summed E-state index contributed by atoms with van der Waals surface area (Å²) in [7, 11) is 0. The van der Waals surface area contributed by atoms with Crippen molar-refractivity contribution >= 4 is 24.0 Å². The van der Waals surface area contributed by atoms with Gasteiger partial charge >= 0.3 is 17.9 Å². The van der Waals surface area contributed by atoms with Crippen molar-refractivity contribution in [1.82, 2.24) is 0 Å². The van der Waals surface area contributed by atoms with E-state index in [1.807, 2.05) is 50.3 Å². The van der Waals surface area contributed by atoms with E-state index in [0.29, 0.717) is 12.5 Å². The summed E-state index contributed by atoms with van der Waals surface area (Å²) in [6.45, 7) is 15.9. The van der Waals surface area contributed by atoms with Crippen LogP contribution in [0.5, 0.6) is 0 Å². The Morgan fingerprint density at radius 1 is 1.09 bits per heavy atom. The van der Waals surface area contributed by atoms with Gasteiger partial charge in [0.1, 0.15) is 6.61 Å². The summed E-state index contributed by atoms with van der Waals surface area (Å²) >= 11 is 0. The Morgan fingerprint density at radius 2 is 1.69 bits per heavy atom. The van der Waals surface area contributed by atoms with E-state index < -0.39 is 11.9 Å². The SMILES string of the molecule is C=C(CC=C(C)C(=O)O)C(=O)OCCO.C=CC(=O)OCC(C)C.C=Cc1ccccc1. The first-order valence-corrected chi connectivity index (χ1v) is 9.91. The van der Waals surface area contributed by atoms with Crippen molar-refractivity contribution < 1.29 is 34.1 Å². The first-order valence-electron chi connectivity index (χ1n) is 9.91. The van der Waals surface area contributed by atoms with Gasteiger partial charge in [0.05, 0.1) is 13.2 Å². The molecule has 2 N–H and O–H groups in total. The Bertz CT molecular complexity index is 762. The monoisotopic (exact) mass is 446 g/mol. The van der Waals surface area contributed by atoms with E-state index in [4.69, 9.17) is 14.9 Å². The first-order chi connectivity index (χ1) is 15.1. The summed E-state index contributed by atoms with van der Waals surface area (Å²) in [6.07, 6.45) is 4.51. The lowest BCUT2D eigenvalue weighted by Gasteiger charge is -2.03. The highest BCUT2D eigenvalue weighted by molar-refractivity contribution is 5.89. The smallest absolute Gasteiger partial charge is 0.333 e. The number of aliphatic hydroxyl groups excluding tert-OH is 1. The second-order valence-corrected chi connectivity index (χ2v) is 6.70. The fourth-order valence-electron chi connectivity index (χ4n) is 1.58.